The second kappa shape index (κ2) is 5.41. The molecule has 0 bridgehead atoms. The van der Waals surface area contributed by atoms with E-state index >= 15 is 0 Å². The summed E-state index contributed by atoms with van der Waals surface area (Å²) in [7, 11) is 0. The first-order valence-corrected chi connectivity index (χ1v) is 7.48. The number of nitrogens with two attached hydrogens (primary N) is 1. The molecule has 1 aromatic heterocycles. The fourth-order valence-electron chi connectivity index (χ4n) is 2.47. The Bertz CT molecular complexity index is 826. The summed E-state index contributed by atoms with van der Waals surface area (Å²) in [6.45, 7) is 2.01. The summed E-state index contributed by atoms with van der Waals surface area (Å²) >= 11 is 18.3. The molecule has 1 unspecified atom stereocenters. The van der Waals surface area contributed by atoms with Crippen LogP contribution in [-0.4, -0.2) is 9.55 Å². The first-order valence-electron chi connectivity index (χ1n) is 6.35. The number of rotatable bonds is 2. The maximum atomic E-state index is 6.29. The first-order chi connectivity index (χ1) is 9.97. The maximum absolute atomic E-state index is 6.29. The number of halogens is 3. The van der Waals surface area contributed by atoms with Crippen molar-refractivity contribution < 1.29 is 0 Å². The smallest absolute Gasteiger partial charge is 0.201 e. The Balaban J connectivity index is 2.19. The minimum Gasteiger partial charge on any atom is -0.369 e. The molecule has 3 aromatic rings. The molecule has 6 heteroatoms. The van der Waals surface area contributed by atoms with Crippen molar-refractivity contribution in [3.05, 3.63) is 57.0 Å². The van der Waals surface area contributed by atoms with E-state index in [2.05, 4.69) is 4.98 Å². The molecule has 0 aliphatic rings. The topological polar surface area (TPSA) is 43.8 Å². The third-order valence-electron chi connectivity index (χ3n) is 3.48. The molecule has 1 heterocycles. The number of nitrogen functional groups attached to an aromatic ring is 1. The molecule has 108 valence electrons. The molecule has 0 amide bonds. The van der Waals surface area contributed by atoms with E-state index in [1.165, 1.54) is 0 Å². The van der Waals surface area contributed by atoms with Crippen LogP contribution in [0.25, 0.3) is 11.0 Å². The van der Waals surface area contributed by atoms with Gasteiger partial charge in [0.15, 0.2) is 0 Å². The second-order valence-electron chi connectivity index (χ2n) is 4.81. The summed E-state index contributed by atoms with van der Waals surface area (Å²) in [5.41, 5.74) is 8.66. The van der Waals surface area contributed by atoms with E-state index < -0.39 is 0 Å². The third kappa shape index (κ3) is 2.57. The van der Waals surface area contributed by atoms with Gasteiger partial charge in [-0.2, -0.15) is 0 Å². The van der Waals surface area contributed by atoms with Crippen LogP contribution >= 0.6 is 34.8 Å². The van der Waals surface area contributed by atoms with Gasteiger partial charge in [0.2, 0.25) is 5.95 Å². The number of imidazole rings is 1. The predicted octanol–water partition coefficient (Wildman–Crippen LogP) is 5.19. The van der Waals surface area contributed by atoms with Gasteiger partial charge in [-0.25, -0.2) is 4.98 Å². The fourth-order valence-corrected chi connectivity index (χ4v) is 3.20. The summed E-state index contributed by atoms with van der Waals surface area (Å²) in [5, 5.41) is 1.83. The Morgan fingerprint density at radius 3 is 2.43 bits per heavy atom. The van der Waals surface area contributed by atoms with Crippen molar-refractivity contribution in [1.29, 1.82) is 0 Å². The molecule has 0 saturated heterocycles. The first kappa shape index (κ1) is 14.5. The largest absolute Gasteiger partial charge is 0.369 e. The van der Waals surface area contributed by atoms with Crippen molar-refractivity contribution in [1.82, 2.24) is 9.55 Å². The summed E-state index contributed by atoms with van der Waals surface area (Å²) in [6.07, 6.45) is 0. The van der Waals surface area contributed by atoms with E-state index in [9.17, 15) is 0 Å². The van der Waals surface area contributed by atoms with Crippen LogP contribution in [0.15, 0.2) is 36.4 Å². The number of hydrogen-bond acceptors (Lipinski definition) is 2. The van der Waals surface area contributed by atoms with Crippen LogP contribution < -0.4 is 5.73 Å². The van der Waals surface area contributed by atoms with E-state index in [1.54, 1.807) is 12.1 Å². The van der Waals surface area contributed by atoms with Crippen molar-refractivity contribution >= 4 is 51.8 Å². The van der Waals surface area contributed by atoms with Gasteiger partial charge in [0.1, 0.15) is 0 Å². The monoisotopic (exact) mass is 339 g/mol. The highest BCUT2D eigenvalue weighted by molar-refractivity contribution is 6.35. The number of nitrogens with zero attached hydrogens (tertiary/aromatic N) is 2. The quantitative estimate of drug-likeness (QED) is 0.698. The lowest BCUT2D eigenvalue weighted by atomic mass is 10.1. The molecule has 0 spiro atoms. The molecule has 0 saturated carbocycles. The van der Waals surface area contributed by atoms with E-state index in [-0.39, 0.29) is 6.04 Å². The van der Waals surface area contributed by atoms with Crippen LogP contribution in [-0.2, 0) is 0 Å². The molecule has 2 aromatic carbocycles. The molecule has 0 aliphatic heterocycles. The van der Waals surface area contributed by atoms with E-state index in [4.69, 9.17) is 40.5 Å². The zero-order valence-electron chi connectivity index (χ0n) is 11.1. The lowest BCUT2D eigenvalue weighted by Gasteiger charge is -2.18. The number of hydrogen-bond donors (Lipinski definition) is 1. The molecule has 0 fully saturated rings. The Kier molecular flexibility index (Phi) is 3.74. The molecule has 2 N–H and O–H groups in total. The molecule has 3 nitrogen and oxygen atoms in total. The number of benzene rings is 2. The predicted molar refractivity (Wildman–Crippen MR) is 89.4 cm³/mol. The summed E-state index contributed by atoms with van der Waals surface area (Å²) in [5.74, 6) is 0.422. The molecule has 0 radical (unpaired) electrons. The molecule has 0 aliphatic carbocycles. The average Bonchev–Trinajstić information content (AvgIpc) is 2.73. The average molecular weight is 341 g/mol. The minimum absolute atomic E-state index is 0.0850. The molecule has 1 atom stereocenters. The van der Waals surface area contributed by atoms with Gasteiger partial charge in [0.25, 0.3) is 0 Å². The van der Waals surface area contributed by atoms with Crippen LogP contribution in [0.4, 0.5) is 5.95 Å². The van der Waals surface area contributed by atoms with E-state index in [0.29, 0.717) is 21.0 Å². The number of aromatic nitrogens is 2. The van der Waals surface area contributed by atoms with Crippen LogP contribution in [0.1, 0.15) is 18.5 Å². The number of anilines is 1. The standard InChI is InChI=1S/C15H12Cl3N3/c1-8(11-4-2-9(16)6-12(11)18)21-14-7-10(17)3-5-13(14)20-15(21)19/h2-8H,1H3,(H2,19,20). The minimum atomic E-state index is -0.0850. The molecule has 3 rings (SSSR count). The van der Waals surface area contributed by atoms with Crippen LogP contribution in [0.5, 0.6) is 0 Å². The van der Waals surface area contributed by atoms with Gasteiger partial charge in [-0.3, -0.25) is 0 Å². The highest BCUT2D eigenvalue weighted by atomic mass is 35.5. The SMILES string of the molecule is CC(c1ccc(Cl)cc1Cl)n1c(N)nc2ccc(Cl)cc21. The van der Waals surface area contributed by atoms with Crippen molar-refractivity contribution in [2.24, 2.45) is 0 Å². The van der Waals surface area contributed by atoms with E-state index in [0.717, 1.165) is 16.6 Å². The highest BCUT2D eigenvalue weighted by Gasteiger charge is 2.18. The van der Waals surface area contributed by atoms with Crippen LogP contribution in [0.2, 0.25) is 15.1 Å². The van der Waals surface area contributed by atoms with Gasteiger partial charge in [0, 0.05) is 15.1 Å². The van der Waals surface area contributed by atoms with Crippen molar-refractivity contribution in [3.8, 4) is 0 Å². The van der Waals surface area contributed by atoms with Gasteiger partial charge in [-0.15, -0.1) is 0 Å². The lowest BCUT2D eigenvalue weighted by molar-refractivity contribution is 0.668. The summed E-state index contributed by atoms with van der Waals surface area (Å²) in [4.78, 5) is 4.36. The van der Waals surface area contributed by atoms with Crippen LogP contribution in [0, 0.1) is 0 Å². The summed E-state index contributed by atoms with van der Waals surface area (Å²) < 4.78 is 1.91. The summed E-state index contributed by atoms with van der Waals surface area (Å²) in [6, 6.07) is 10.8. The van der Waals surface area contributed by atoms with Gasteiger partial charge < -0.3 is 10.3 Å². The van der Waals surface area contributed by atoms with Crippen molar-refractivity contribution in [2.45, 2.75) is 13.0 Å². The number of fused-ring (bicyclic) bond motifs is 1. The van der Waals surface area contributed by atoms with Gasteiger partial charge in [0.05, 0.1) is 17.1 Å². The Labute approximate surface area is 137 Å². The highest BCUT2D eigenvalue weighted by Crippen LogP contribution is 2.33. The third-order valence-corrected chi connectivity index (χ3v) is 4.28. The fraction of sp³-hybridized carbons (Fsp3) is 0.133. The van der Waals surface area contributed by atoms with Crippen LogP contribution in [0.3, 0.4) is 0 Å². The molecular weight excluding hydrogens is 329 g/mol. The Morgan fingerprint density at radius 1 is 1.05 bits per heavy atom. The lowest BCUT2D eigenvalue weighted by Crippen LogP contribution is -2.10. The van der Waals surface area contributed by atoms with Gasteiger partial charge in [-0.05, 0) is 42.8 Å². The molecule has 21 heavy (non-hydrogen) atoms. The van der Waals surface area contributed by atoms with Crippen molar-refractivity contribution in [2.75, 3.05) is 5.73 Å². The van der Waals surface area contributed by atoms with Gasteiger partial charge >= 0.3 is 0 Å². The zero-order chi connectivity index (χ0) is 15.1. The van der Waals surface area contributed by atoms with Gasteiger partial charge in [-0.1, -0.05) is 40.9 Å². The Hall–Kier alpha value is -1.42. The normalized spacial score (nSPS) is 12.8. The molecular formula is C15H12Cl3N3. The Morgan fingerprint density at radius 2 is 1.71 bits per heavy atom. The zero-order valence-corrected chi connectivity index (χ0v) is 13.4. The van der Waals surface area contributed by atoms with E-state index in [1.807, 2.05) is 35.8 Å². The maximum Gasteiger partial charge on any atom is 0.201 e. The second-order valence-corrected chi connectivity index (χ2v) is 6.09. The van der Waals surface area contributed by atoms with Crippen molar-refractivity contribution in [3.63, 3.8) is 0 Å².